The van der Waals surface area contributed by atoms with Gasteiger partial charge in [-0.1, -0.05) is 32.0 Å². The predicted molar refractivity (Wildman–Crippen MR) is 81.2 cm³/mol. The van der Waals surface area contributed by atoms with Crippen LogP contribution in [-0.4, -0.2) is 13.2 Å². The summed E-state index contributed by atoms with van der Waals surface area (Å²) in [5.74, 6) is 1.87. The molecule has 0 aliphatic rings. The summed E-state index contributed by atoms with van der Waals surface area (Å²) in [6, 6.07) is 10.4. The molecule has 20 heavy (non-hydrogen) atoms. The molecule has 108 valence electrons. The van der Waals surface area contributed by atoms with E-state index in [1.807, 2.05) is 31.4 Å². The van der Waals surface area contributed by atoms with Gasteiger partial charge in [-0.25, -0.2) is 0 Å². The van der Waals surface area contributed by atoms with Crippen molar-refractivity contribution in [1.82, 2.24) is 5.32 Å². The Morgan fingerprint density at radius 1 is 1.25 bits per heavy atom. The molecule has 1 aromatic heterocycles. The van der Waals surface area contributed by atoms with Crippen molar-refractivity contribution >= 4 is 0 Å². The van der Waals surface area contributed by atoms with Gasteiger partial charge in [-0.3, -0.25) is 0 Å². The highest BCUT2D eigenvalue weighted by Gasteiger charge is 2.18. The van der Waals surface area contributed by atoms with E-state index in [-0.39, 0.29) is 6.04 Å². The summed E-state index contributed by atoms with van der Waals surface area (Å²) in [6.07, 6.45) is 2.82. The Hall–Kier alpha value is -1.74. The minimum Gasteiger partial charge on any atom is -0.493 e. The second-order valence-electron chi connectivity index (χ2n) is 4.87. The molecule has 2 rings (SSSR count). The van der Waals surface area contributed by atoms with Crippen molar-refractivity contribution in [2.75, 3.05) is 13.2 Å². The van der Waals surface area contributed by atoms with Crippen LogP contribution in [0.5, 0.6) is 5.75 Å². The Morgan fingerprint density at radius 3 is 2.70 bits per heavy atom. The SMILES string of the molecule is CCCOc1ccccc1C(NCC)c1coc(C)c1. The lowest BCUT2D eigenvalue weighted by Gasteiger charge is -2.20. The molecule has 0 fully saturated rings. The van der Waals surface area contributed by atoms with Gasteiger partial charge < -0.3 is 14.5 Å². The highest BCUT2D eigenvalue weighted by Crippen LogP contribution is 2.31. The Morgan fingerprint density at radius 2 is 2.05 bits per heavy atom. The maximum Gasteiger partial charge on any atom is 0.124 e. The highest BCUT2D eigenvalue weighted by atomic mass is 16.5. The first kappa shape index (κ1) is 14.7. The van der Waals surface area contributed by atoms with Crippen molar-refractivity contribution in [3.05, 3.63) is 53.5 Å². The van der Waals surface area contributed by atoms with Crippen molar-refractivity contribution < 1.29 is 9.15 Å². The second kappa shape index (κ2) is 7.15. The van der Waals surface area contributed by atoms with Gasteiger partial charge in [0.05, 0.1) is 18.9 Å². The summed E-state index contributed by atoms with van der Waals surface area (Å²) >= 11 is 0. The topological polar surface area (TPSA) is 34.4 Å². The van der Waals surface area contributed by atoms with Crippen molar-refractivity contribution in [2.24, 2.45) is 0 Å². The molecule has 3 heteroatoms. The Labute approximate surface area is 121 Å². The molecule has 0 aliphatic heterocycles. The van der Waals surface area contributed by atoms with Crippen molar-refractivity contribution in [3.63, 3.8) is 0 Å². The van der Waals surface area contributed by atoms with E-state index >= 15 is 0 Å². The number of hydrogen-bond donors (Lipinski definition) is 1. The summed E-state index contributed by atoms with van der Waals surface area (Å²) in [5.41, 5.74) is 2.29. The number of benzene rings is 1. The highest BCUT2D eigenvalue weighted by molar-refractivity contribution is 5.41. The molecule has 0 saturated carbocycles. The summed E-state index contributed by atoms with van der Waals surface area (Å²) in [7, 11) is 0. The van der Waals surface area contributed by atoms with Crippen LogP contribution in [0.4, 0.5) is 0 Å². The fourth-order valence-corrected chi connectivity index (χ4v) is 2.29. The number of nitrogens with one attached hydrogen (secondary N) is 1. The average Bonchev–Trinajstić information content (AvgIpc) is 2.89. The Bertz CT molecular complexity index is 533. The van der Waals surface area contributed by atoms with Crippen LogP contribution in [0.25, 0.3) is 0 Å². The molecular formula is C17H23NO2. The molecule has 0 radical (unpaired) electrons. The Kier molecular flexibility index (Phi) is 5.24. The lowest BCUT2D eigenvalue weighted by Crippen LogP contribution is -2.22. The lowest BCUT2D eigenvalue weighted by atomic mass is 10.00. The largest absolute Gasteiger partial charge is 0.493 e. The van der Waals surface area contributed by atoms with Crippen LogP contribution in [0.15, 0.2) is 41.0 Å². The molecule has 2 aromatic rings. The summed E-state index contributed by atoms with van der Waals surface area (Å²) in [5, 5.41) is 3.51. The maximum atomic E-state index is 5.87. The normalized spacial score (nSPS) is 12.3. The minimum atomic E-state index is 0.102. The van der Waals surface area contributed by atoms with E-state index in [0.717, 1.165) is 42.2 Å². The molecule has 3 nitrogen and oxygen atoms in total. The third-order valence-corrected chi connectivity index (χ3v) is 3.18. The van der Waals surface area contributed by atoms with Gasteiger partial charge in [0.15, 0.2) is 0 Å². The smallest absolute Gasteiger partial charge is 0.124 e. The number of rotatable bonds is 7. The minimum absolute atomic E-state index is 0.102. The van der Waals surface area contributed by atoms with E-state index in [0.29, 0.717) is 0 Å². The first-order valence-corrected chi connectivity index (χ1v) is 7.26. The van der Waals surface area contributed by atoms with E-state index in [1.54, 1.807) is 0 Å². The Balaban J connectivity index is 2.33. The standard InChI is InChI=1S/C17H23NO2/c1-4-10-19-16-9-7-6-8-15(16)17(18-5-2)14-11-13(3)20-12-14/h6-9,11-12,17-18H,4-5,10H2,1-3H3. The van der Waals surface area contributed by atoms with Crippen LogP contribution < -0.4 is 10.1 Å². The van der Waals surface area contributed by atoms with Crippen LogP contribution in [0.2, 0.25) is 0 Å². The van der Waals surface area contributed by atoms with Gasteiger partial charge in [0, 0.05) is 11.1 Å². The first-order valence-electron chi connectivity index (χ1n) is 7.26. The van der Waals surface area contributed by atoms with E-state index in [1.165, 1.54) is 0 Å². The summed E-state index contributed by atoms with van der Waals surface area (Å²) in [4.78, 5) is 0. The third kappa shape index (κ3) is 3.42. The zero-order valence-electron chi connectivity index (χ0n) is 12.5. The average molecular weight is 273 g/mol. The van der Waals surface area contributed by atoms with Crippen LogP contribution in [-0.2, 0) is 0 Å². The number of para-hydroxylation sites is 1. The monoisotopic (exact) mass is 273 g/mol. The fourth-order valence-electron chi connectivity index (χ4n) is 2.29. The summed E-state index contributed by atoms with van der Waals surface area (Å²) < 4.78 is 11.3. The number of ether oxygens (including phenoxy) is 1. The zero-order valence-corrected chi connectivity index (χ0v) is 12.5. The molecule has 0 bridgehead atoms. The van der Waals surface area contributed by atoms with Gasteiger partial charge in [0.25, 0.3) is 0 Å². The molecule has 0 spiro atoms. The van der Waals surface area contributed by atoms with Crippen LogP contribution in [0, 0.1) is 6.92 Å². The summed E-state index contributed by atoms with van der Waals surface area (Å²) in [6.45, 7) is 7.81. The van der Waals surface area contributed by atoms with Crippen LogP contribution in [0.3, 0.4) is 0 Å². The van der Waals surface area contributed by atoms with E-state index in [2.05, 4.69) is 31.3 Å². The van der Waals surface area contributed by atoms with E-state index in [4.69, 9.17) is 9.15 Å². The molecule has 0 aliphatic carbocycles. The number of furan rings is 1. The fraction of sp³-hybridized carbons (Fsp3) is 0.412. The zero-order chi connectivity index (χ0) is 14.4. The van der Waals surface area contributed by atoms with Crippen molar-refractivity contribution in [2.45, 2.75) is 33.2 Å². The van der Waals surface area contributed by atoms with Crippen LogP contribution in [0.1, 0.15) is 43.2 Å². The number of aryl methyl sites for hydroxylation is 1. The van der Waals surface area contributed by atoms with Gasteiger partial charge in [-0.05, 0) is 32.0 Å². The molecule has 0 saturated heterocycles. The molecule has 0 amide bonds. The molecule has 1 N–H and O–H groups in total. The maximum absolute atomic E-state index is 5.87. The molecule has 1 aromatic carbocycles. The predicted octanol–water partition coefficient (Wildman–Crippen LogP) is 4.08. The van der Waals surface area contributed by atoms with E-state index in [9.17, 15) is 0 Å². The second-order valence-corrected chi connectivity index (χ2v) is 4.87. The van der Waals surface area contributed by atoms with Gasteiger partial charge >= 0.3 is 0 Å². The molecule has 1 heterocycles. The molecule has 1 atom stereocenters. The van der Waals surface area contributed by atoms with Gasteiger partial charge in [-0.2, -0.15) is 0 Å². The van der Waals surface area contributed by atoms with Gasteiger partial charge in [0.2, 0.25) is 0 Å². The van der Waals surface area contributed by atoms with Gasteiger partial charge in [-0.15, -0.1) is 0 Å². The van der Waals surface area contributed by atoms with E-state index < -0.39 is 0 Å². The lowest BCUT2D eigenvalue weighted by molar-refractivity contribution is 0.311. The first-order chi connectivity index (χ1) is 9.76. The van der Waals surface area contributed by atoms with Gasteiger partial charge in [0.1, 0.15) is 11.5 Å². The number of hydrogen-bond acceptors (Lipinski definition) is 3. The molecular weight excluding hydrogens is 250 g/mol. The quantitative estimate of drug-likeness (QED) is 0.825. The van der Waals surface area contributed by atoms with Crippen molar-refractivity contribution in [3.8, 4) is 5.75 Å². The molecule has 1 unspecified atom stereocenters. The third-order valence-electron chi connectivity index (χ3n) is 3.18. The van der Waals surface area contributed by atoms with Crippen LogP contribution >= 0.6 is 0 Å². The van der Waals surface area contributed by atoms with Crippen molar-refractivity contribution in [1.29, 1.82) is 0 Å².